The van der Waals surface area contributed by atoms with Crippen LogP contribution in [0.15, 0.2) is 42.6 Å². The number of methoxy groups -OCH3 is 1. The van der Waals surface area contributed by atoms with Crippen molar-refractivity contribution in [3.63, 3.8) is 0 Å². The van der Waals surface area contributed by atoms with Gasteiger partial charge in [-0.05, 0) is 24.1 Å². The molecule has 0 spiro atoms. The van der Waals surface area contributed by atoms with Crippen molar-refractivity contribution in [3.8, 4) is 11.3 Å². The molecular formula is C17H18ClN3O2. The fourth-order valence-corrected chi connectivity index (χ4v) is 2.89. The molecule has 1 aromatic carbocycles. The molecular weight excluding hydrogens is 314 g/mol. The van der Waals surface area contributed by atoms with Crippen LogP contribution in [0.2, 0.25) is 5.02 Å². The zero-order valence-electron chi connectivity index (χ0n) is 12.8. The number of benzene rings is 1. The van der Waals surface area contributed by atoms with E-state index in [0.717, 1.165) is 29.8 Å². The first-order valence-corrected chi connectivity index (χ1v) is 7.83. The molecule has 1 unspecified atom stereocenters. The Hall–Kier alpha value is -2.11. The van der Waals surface area contributed by atoms with Crippen LogP contribution in [-0.4, -0.2) is 40.8 Å². The fraction of sp³-hybridized carbons (Fsp3) is 0.294. The van der Waals surface area contributed by atoms with Gasteiger partial charge in [-0.3, -0.25) is 14.8 Å². The van der Waals surface area contributed by atoms with Gasteiger partial charge in [-0.15, -0.1) is 0 Å². The molecule has 3 rings (SSSR count). The van der Waals surface area contributed by atoms with E-state index in [-0.39, 0.29) is 12.0 Å². The van der Waals surface area contributed by atoms with Crippen molar-refractivity contribution < 1.29 is 9.53 Å². The number of ether oxygens (including phenoxy) is 1. The molecule has 1 atom stereocenters. The summed E-state index contributed by atoms with van der Waals surface area (Å²) in [6.07, 6.45) is 6.64. The standard InChI is InChI=1S/C17H18ClN3O2/c1-23-17(22)15-4-2-3-9-21(15)11-13-10-19-20-16(13)12-5-7-14(18)8-6-12/h2,4-8,10,15H,3,9,11H2,1H3,(H,19,20). The van der Waals surface area contributed by atoms with E-state index in [1.807, 2.05) is 36.4 Å². The van der Waals surface area contributed by atoms with Gasteiger partial charge in [0.1, 0.15) is 6.04 Å². The molecule has 1 aliphatic rings. The molecule has 0 saturated heterocycles. The average Bonchev–Trinajstić information content (AvgIpc) is 3.03. The predicted octanol–water partition coefficient (Wildman–Crippen LogP) is 3.03. The zero-order valence-corrected chi connectivity index (χ0v) is 13.6. The van der Waals surface area contributed by atoms with E-state index in [0.29, 0.717) is 11.6 Å². The third kappa shape index (κ3) is 3.46. The second-order valence-corrected chi connectivity index (χ2v) is 5.87. The summed E-state index contributed by atoms with van der Waals surface area (Å²) >= 11 is 5.95. The lowest BCUT2D eigenvalue weighted by Crippen LogP contribution is -2.42. The SMILES string of the molecule is COC(=O)C1C=CCCN1Cc1cn[nH]c1-c1ccc(Cl)cc1. The molecule has 0 fully saturated rings. The minimum atomic E-state index is -0.346. The number of H-pyrrole nitrogens is 1. The lowest BCUT2D eigenvalue weighted by Gasteiger charge is -2.30. The highest BCUT2D eigenvalue weighted by atomic mass is 35.5. The molecule has 2 heterocycles. The smallest absolute Gasteiger partial charge is 0.327 e. The van der Waals surface area contributed by atoms with Gasteiger partial charge < -0.3 is 4.74 Å². The summed E-state index contributed by atoms with van der Waals surface area (Å²) in [6.45, 7) is 1.43. The van der Waals surface area contributed by atoms with Gasteiger partial charge in [-0.1, -0.05) is 35.9 Å². The van der Waals surface area contributed by atoms with Crippen LogP contribution in [-0.2, 0) is 16.1 Å². The molecule has 0 bridgehead atoms. The maximum Gasteiger partial charge on any atom is 0.327 e. The van der Waals surface area contributed by atoms with E-state index < -0.39 is 0 Å². The Morgan fingerprint density at radius 3 is 2.96 bits per heavy atom. The Morgan fingerprint density at radius 1 is 1.43 bits per heavy atom. The highest BCUT2D eigenvalue weighted by Crippen LogP contribution is 2.25. The summed E-state index contributed by atoms with van der Waals surface area (Å²) in [6, 6.07) is 7.26. The average molecular weight is 332 g/mol. The van der Waals surface area contributed by atoms with Crippen LogP contribution in [0.25, 0.3) is 11.3 Å². The largest absolute Gasteiger partial charge is 0.468 e. The van der Waals surface area contributed by atoms with Crippen LogP contribution in [0.1, 0.15) is 12.0 Å². The third-order valence-electron chi connectivity index (χ3n) is 3.96. The lowest BCUT2D eigenvalue weighted by molar-refractivity contribution is -0.145. The first kappa shape index (κ1) is 15.8. The van der Waals surface area contributed by atoms with Gasteiger partial charge in [0.05, 0.1) is 19.0 Å². The Morgan fingerprint density at radius 2 is 2.22 bits per heavy atom. The van der Waals surface area contributed by atoms with Crippen molar-refractivity contribution in [3.05, 3.63) is 53.2 Å². The van der Waals surface area contributed by atoms with Gasteiger partial charge in [0.15, 0.2) is 0 Å². The van der Waals surface area contributed by atoms with E-state index in [2.05, 4.69) is 15.1 Å². The van der Waals surface area contributed by atoms with Crippen LogP contribution >= 0.6 is 11.6 Å². The van der Waals surface area contributed by atoms with Crippen molar-refractivity contribution in [2.45, 2.75) is 19.0 Å². The van der Waals surface area contributed by atoms with Gasteiger partial charge in [0, 0.05) is 23.7 Å². The van der Waals surface area contributed by atoms with Gasteiger partial charge in [-0.25, -0.2) is 0 Å². The highest BCUT2D eigenvalue weighted by Gasteiger charge is 2.27. The number of aromatic amines is 1. The fourth-order valence-electron chi connectivity index (χ4n) is 2.77. The minimum absolute atomic E-state index is 0.238. The molecule has 0 aliphatic carbocycles. The molecule has 120 valence electrons. The second-order valence-electron chi connectivity index (χ2n) is 5.43. The number of hydrogen-bond donors (Lipinski definition) is 1. The molecule has 0 saturated carbocycles. The molecule has 1 N–H and O–H groups in total. The van der Waals surface area contributed by atoms with E-state index >= 15 is 0 Å². The number of hydrogen-bond acceptors (Lipinski definition) is 4. The van der Waals surface area contributed by atoms with Crippen LogP contribution in [0.5, 0.6) is 0 Å². The lowest BCUT2D eigenvalue weighted by atomic mass is 10.1. The van der Waals surface area contributed by atoms with Crippen LogP contribution in [0.3, 0.4) is 0 Å². The topological polar surface area (TPSA) is 58.2 Å². The molecule has 5 nitrogen and oxygen atoms in total. The van der Waals surface area contributed by atoms with Crippen LogP contribution < -0.4 is 0 Å². The number of esters is 1. The first-order valence-electron chi connectivity index (χ1n) is 7.46. The summed E-state index contributed by atoms with van der Waals surface area (Å²) in [4.78, 5) is 14.0. The number of carbonyl (C=O) groups is 1. The number of nitrogens with zero attached hydrogens (tertiary/aromatic N) is 2. The highest BCUT2D eigenvalue weighted by molar-refractivity contribution is 6.30. The number of rotatable bonds is 4. The molecule has 2 aromatic rings. The summed E-state index contributed by atoms with van der Waals surface area (Å²) < 4.78 is 4.90. The Balaban J connectivity index is 1.83. The summed E-state index contributed by atoms with van der Waals surface area (Å²) in [5, 5.41) is 7.89. The predicted molar refractivity (Wildman–Crippen MR) is 89.0 cm³/mol. The van der Waals surface area contributed by atoms with E-state index in [1.165, 1.54) is 7.11 Å². The van der Waals surface area contributed by atoms with E-state index in [4.69, 9.17) is 16.3 Å². The zero-order chi connectivity index (χ0) is 16.2. The molecule has 1 aliphatic heterocycles. The summed E-state index contributed by atoms with van der Waals surface area (Å²) in [5.41, 5.74) is 3.00. The third-order valence-corrected chi connectivity index (χ3v) is 4.21. The summed E-state index contributed by atoms with van der Waals surface area (Å²) in [5.74, 6) is -0.238. The van der Waals surface area contributed by atoms with E-state index in [1.54, 1.807) is 6.20 Å². The van der Waals surface area contributed by atoms with Crippen molar-refractivity contribution in [2.24, 2.45) is 0 Å². The van der Waals surface area contributed by atoms with Gasteiger partial charge in [0.2, 0.25) is 0 Å². The van der Waals surface area contributed by atoms with Crippen molar-refractivity contribution in [2.75, 3.05) is 13.7 Å². The first-order chi connectivity index (χ1) is 11.2. The monoisotopic (exact) mass is 331 g/mol. The van der Waals surface area contributed by atoms with Crippen molar-refractivity contribution in [1.29, 1.82) is 0 Å². The maximum atomic E-state index is 11.9. The molecule has 0 amide bonds. The molecule has 1 aromatic heterocycles. The molecule has 23 heavy (non-hydrogen) atoms. The quantitative estimate of drug-likeness (QED) is 0.691. The molecule has 6 heteroatoms. The van der Waals surface area contributed by atoms with Gasteiger partial charge in [0.25, 0.3) is 0 Å². The maximum absolute atomic E-state index is 11.9. The van der Waals surface area contributed by atoms with Crippen LogP contribution in [0, 0.1) is 0 Å². The Kier molecular flexibility index (Phi) is 4.79. The summed E-state index contributed by atoms with van der Waals surface area (Å²) in [7, 11) is 1.42. The second kappa shape index (κ2) is 6.98. The van der Waals surface area contributed by atoms with Gasteiger partial charge in [-0.2, -0.15) is 5.10 Å². The Labute approximate surface area is 139 Å². The number of carbonyl (C=O) groups excluding carboxylic acids is 1. The van der Waals surface area contributed by atoms with E-state index in [9.17, 15) is 4.79 Å². The number of halogens is 1. The van der Waals surface area contributed by atoms with Crippen LogP contribution in [0.4, 0.5) is 0 Å². The number of aromatic nitrogens is 2. The van der Waals surface area contributed by atoms with Crippen molar-refractivity contribution in [1.82, 2.24) is 15.1 Å². The molecule has 0 radical (unpaired) electrons. The number of nitrogens with one attached hydrogen (secondary N) is 1. The minimum Gasteiger partial charge on any atom is -0.468 e. The normalized spacial score (nSPS) is 18.1. The van der Waals surface area contributed by atoms with Crippen molar-refractivity contribution >= 4 is 17.6 Å². The van der Waals surface area contributed by atoms with Gasteiger partial charge >= 0.3 is 5.97 Å². The Bertz CT molecular complexity index is 709.